The van der Waals surface area contributed by atoms with Crippen molar-refractivity contribution in [1.82, 2.24) is 10.3 Å². The number of fused-ring (bicyclic) bond motifs is 2. The molecule has 0 aliphatic carbocycles. The highest BCUT2D eigenvalue weighted by Gasteiger charge is 2.44. The third-order valence-electron chi connectivity index (χ3n) is 8.65. The summed E-state index contributed by atoms with van der Waals surface area (Å²) in [6.45, 7) is 4.38. The van der Waals surface area contributed by atoms with E-state index in [-0.39, 0.29) is 41.1 Å². The third-order valence-corrected chi connectivity index (χ3v) is 8.94. The zero-order chi connectivity index (χ0) is 31.9. The molecule has 10 heteroatoms. The maximum absolute atomic E-state index is 15.3. The van der Waals surface area contributed by atoms with E-state index in [4.69, 9.17) is 31.8 Å². The minimum atomic E-state index is -1.24. The zero-order valence-corrected chi connectivity index (χ0v) is 25.6. The van der Waals surface area contributed by atoms with E-state index in [1.807, 2.05) is 49.4 Å². The Bertz CT molecular complexity index is 1800. The fourth-order valence-corrected chi connectivity index (χ4v) is 6.17. The number of halogens is 3. The first-order valence-electron chi connectivity index (χ1n) is 14.9. The van der Waals surface area contributed by atoms with Crippen molar-refractivity contribution in [3.8, 4) is 22.8 Å². The van der Waals surface area contributed by atoms with Crippen molar-refractivity contribution in [2.75, 3.05) is 19.8 Å². The van der Waals surface area contributed by atoms with Gasteiger partial charge in [-0.25, -0.2) is 13.8 Å². The Morgan fingerprint density at radius 2 is 1.84 bits per heavy atom. The van der Waals surface area contributed by atoms with E-state index in [2.05, 4.69) is 5.32 Å². The Labute approximate surface area is 264 Å². The predicted octanol–water partition coefficient (Wildman–Crippen LogP) is 6.26. The standard InChI is InChI=1S/C35H32ClF2N3O4/c1-3-19-12-22(13-21-10-7-11-44-31(19)21)33(42)40-17-24(20-8-5-4-6-9-20)29-15-25-32(45-18-35(25,2)34(39)43)30(41-29)23-14-26(36)28(38)16-27(23)37/h4-6,8-9,12-16,24H,3,7,10-11,17-18H2,1-2H3,(H2,39,43)(H,40,42)/t24-,35-/m0/s1. The molecule has 232 valence electrons. The molecule has 45 heavy (non-hydrogen) atoms. The number of aryl methyl sites for hydroxylation is 2. The van der Waals surface area contributed by atoms with Crippen molar-refractivity contribution in [3.63, 3.8) is 0 Å². The Balaban J connectivity index is 1.44. The number of nitrogens with two attached hydrogens (primary N) is 1. The molecule has 3 N–H and O–H groups in total. The number of benzene rings is 3. The topological polar surface area (TPSA) is 104 Å². The first-order chi connectivity index (χ1) is 21.6. The van der Waals surface area contributed by atoms with Crippen LogP contribution in [0.2, 0.25) is 5.02 Å². The van der Waals surface area contributed by atoms with Crippen LogP contribution < -0.4 is 20.5 Å². The monoisotopic (exact) mass is 631 g/mol. The number of carbonyl (C=O) groups is 2. The van der Waals surface area contributed by atoms with Crippen LogP contribution in [-0.2, 0) is 23.1 Å². The Morgan fingerprint density at radius 3 is 2.58 bits per heavy atom. The summed E-state index contributed by atoms with van der Waals surface area (Å²) >= 11 is 6.06. The van der Waals surface area contributed by atoms with Gasteiger partial charge >= 0.3 is 0 Å². The maximum Gasteiger partial charge on any atom is 0.251 e. The van der Waals surface area contributed by atoms with Gasteiger partial charge in [-0.05, 0) is 67.1 Å². The molecule has 0 unspecified atom stereocenters. The van der Waals surface area contributed by atoms with Crippen LogP contribution in [0.5, 0.6) is 11.5 Å². The van der Waals surface area contributed by atoms with Gasteiger partial charge in [0.1, 0.15) is 40.8 Å². The largest absolute Gasteiger partial charge is 0.493 e. The van der Waals surface area contributed by atoms with Gasteiger partial charge in [-0.15, -0.1) is 0 Å². The zero-order valence-electron chi connectivity index (χ0n) is 24.9. The predicted molar refractivity (Wildman–Crippen MR) is 167 cm³/mol. The number of amides is 2. The molecule has 6 rings (SSSR count). The molecule has 0 bridgehead atoms. The van der Waals surface area contributed by atoms with Crippen LogP contribution in [0.4, 0.5) is 8.78 Å². The molecule has 2 aliphatic heterocycles. The normalized spacial score (nSPS) is 17.4. The number of primary amides is 1. The van der Waals surface area contributed by atoms with E-state index in [0.29, 0.717) is 29.5 Å². The summed E-state index contributed by atoms with van der Waals surface area (Å²) in [4.78, 5) is 31.1. The molecule has 0 radical (unpaired) electrons. The van der Waals surface area contributed by atoms with E-state index >= 15 is 4.39 Å². The second-order valence-corrected chi connectivity index (χ2v) is 12.0. The summed E-state index contributed by atoms with van der Waals surface area (Å²) in [6.07, 6.45) is 2.45. The number of nitrogens with one attached hydrogen (secondary N) is 1. The number of ether oxygens (including phenoxy) is 2. The van der Waals surface area contributed by atoms with Gasteiger partial charge in [-0.1, -0.05) is 48.9 Å². The molecule has 0 saturated carbocycles. The molecule has 0 saturated heterocycles. The first-order valence-corrected chi connectivity index (χ1v) is 15.2. The van der Waals surface area contributed by atoms with Crippen molar-refractivity contribution in [3.05, 3.63) is 111 Å². The van der Waals surface area contributed by atoms with Gasteiger partial charge in [-0.2, -0.15) is 0 Å². The molecule has 7 nitrogen and oxygen atoms in total. The number of hydrogen-bond acceptors (Lipinski definition) is 5. The van der Waals surface area contributed by atoms with Crippen LogP contribution >= 0.6 is 11.6 Å². The Kier molecular flexibility index (Phi) is 8.22. The van der Waals surface area contributed by atoms with Crippen LogP contribution in [0.3, 0.4) is 0 Å². The van der Waals surface area contributed by atoms with Gasteiger partial charge in [-0.3, -0.25) is 9.59 Å². The molecule has 1 aromatic heterocycles. The van der Waals surface area contributed by atoms with Gasteiger partial charge in [0.25, 0.3) is 5.91 Å². The number of hydrogen-bond donors (Lipinski definition) is 2. The third kappa shape index (κ3) is 5.61. The first kappa shape index (κ1) is 30.5. The SMILES string of the molecule is CCc1cc(C(=O)NC[C@@H](c2ccccc2)c2cc3c(c(-c4cc(Cl)c(F)cc4F)n2)OC[C@]3(C)C(N)=O)cc2c1OCCC2. The average molecular weight is 632 g/mol. The fraction of sp³-hybridized carbons (Fsp3) is 0.286. The van der Waals surface area contributed by atoms with Gasteiger partial charge in [0.15, 0.2) is 0 Å². The molecule has 0 spiro atoms. The summed E-state index contributed by atoms with van der Waals surface area (Å²) in [5.74, 6) is -2.20. The maximum atomic E-state index is 15.3. The highest BCUT2D eigenvalue weighted by atomic mass is 35.5. The van der Waals surface area contributed by atoms with Gasteiger partial charge in [0, 0.05) is 35.2 Å². The molecule has 2 aliphatic rings. The fourth-order valence-electron chi connectivity index (χ4n) is 6.00. The van der Waals surface area contributed by atoms with Crippen LogP contribution in [0, 0.1) is 11.6 Å². The minimum absolute atomic E-state index is 0.0569. The average Bonchev–Trinajstić information content (AvgIpc) is 3.40. The number of carbonyl (C=O) groups excluding carboxylic acids is 2. The molecule has 0 fully saturated rings. The van der Waals surface area contributed by atoms with E-state index in [1.165, 1.54) is 0 Å². The van der Waals surface area contributed by atoms with E-state index in [0.717, 1.165) is 47.8 Å². The summed E-state index contributed by atoms with van der Waals surface area (Å²) in [7, 11) is 0. The second-order valence-electron chi connectivity index (χ2n) is 11.6. The summed E-state index contributed by atoms with van der Waals surface area (Å²) in [5, 5.41) is 2.77. The number of nitrogens with zero attached hydrogens (tertiary/aromatic N) is 1. The molecular formula is C35H32ClF2N3O4. The molecule has 3 heterocycles. The van der Waals surface area contributed by atoms with Crippen molar-refractivity contribution >= 4 is 23.4 Å². The molecular weight excluding hydrogens is 600 g/mol. The van der Waals surface area contributed by atoms with Gasteiger partial charge < -0.3 is 20.5 Å². The molecule has 2 atom stereocenters. The van der Waals surface area contributed by atoms with Crippen LogP contribution in [-0.4, -0.2) is 36.6 Å². The molecule has 4 aromatic rings. The lowest BCUT2D eigenvalue weighted by molar-refractivity contribution is -0.123. The van der Waals surface area contributed by atoms with E-state index < -0.39 is 28.9 Å². The van der Waals surface area contributed by atoms with Crippen LogP contribution in [0.1, 0.15) is 64.5 Å². The molecule has 3 aromatic carbocycles. The smallest absolute Gasteiger partial charge is 0.251 e. The summed E-state index contributed by atoms with van der Waals surface area (Å²) < 4.78 is 41.2. The van der Waals surface area contributed by atoms with Crippen LogP contribution in [0.15, 0.2) is 60.7 Å². The van der Waals surface area contributed by atoms with E-state index in [9.17, 15) is 14.0 Å². The van der Waals surface area contributed by atoms with Crippen molar-refractivity contribution in [2.24, 2.45) is 5.73 Å². The summed E-state index contributed by atoms with van der Waals surface area (Å²) in [6, 6.07) is 16.7. The van der Waals surface area contributed by atoms with E-state index in [1.54, 1.807) is 13.0 Å². The molecule has 2 amide bonds. The van der Waals surface area contributed by atoms with Gasteiger partial charge in [0.2, 0.25) is 5.91 Å². The van der Waals surface area contributed by atoms with Crippen LogP contribution in [0.25, 0.3) is 11.3 Å². The van der Waals surface area contributed by atoms with Crippen molar-refractivity contribution < 1.29 is 27.8 Å². The lowest BCUT2D eigenvalue weighted by atomic mass is 9.81. The number of rotatable bonds is 8. The number of aromatic nitrogens is 1. The Hall–Kier alpha value is -4.50. The highest BCUT2D eigenvalue weighted by molar-refractivity contribution is 6.31. The highest BCUT2D eigenvalue weighted by Crippen LogP contribution is 2.46. The van der Waals surface area contributed by atoms with Crippen molar-refractivity contribution in [1.29, 1.82) is 0 Å². The second kappa shape index (κ2) is 12.1. The Morgan fingerprint density at radius 1 is 1.07 bits per heavy atom. The van der Waals surface area contributed by atoms with Gasteiger partial charge in [0.05, 0.1) is 17.3 Å². The van der Waals surface area contributed by atoms with Crippen molar-refractivity contribution in [2.45, 2.75) is 44.4 Å². The summed E-state index contributed by atoms with van der Waals surface area (Å²) in [5.41, 5.74) is 8.75. The lowest BCUT2D eigenvalue weighted by Gasteiger charge is -2.23. The lowest BCUT2D eigenvalue weighted by Crippen LogP contribution is -2.40. The quantitative estimate of drug-likeness (QED) is 0.223. The minimum Gasteiger partial charge on any atom is -0.493 e. The number of pyridine rings is 1.